The van der Waals surface area contributed by atoms with Gasteiger partial charge in [-0.2, -0.15) is 0 Å². The average Bonchev–Trinajstić information content (AvgIpc) is 2.41. The van der Waals surface area contributed by atoms with E-state index in [-0.39, 0.29) is 42.1 Å². The molecule has 0 aliphatic rings. The monoisotopic (exact) mass is 296 g/mol. The summed E-state index contributed by atoms with van der Waals surface area (Å²) >= 11 is 0. The number of amides is 1. The van der Waals surface area contributed by atoms with E-state index < -0.39 is 0 Å². The Hall–Kier alpha value is -1.89. The lowest BCUT2D eigenvalue weighted by Gasteiger charge is -2.21. The first kappa shape index (κ1) is 17.2. The Labute approximate surface area is 124 Å². The van der Waals surface area contributed by atoms with Crippen LogP contribution in [0.25, 0.3) is 0 Å². The van der Waals surface area contributed by atoms with Gasteiger partial charge in [0.2, 0.25) is 5.91 Å². The van der Waals surface area contributed by atoms with Crippen molar-refractivity contribution in [1.82, 2.24) is 14.0 Å². The summed E-state index contributed by atoms with van der Waals surface area (Å²) in [6.45, 7) is 4.08. The maximum Gasteiger partial charge on any atom is 0.330 e. The van der Waals surface area contributed by atoms with Crippen LogP contribution in [0.2, 0.25) is 0 Å². The highest BCUT2D eigenvalue weighted by Crippen LogP contribution is 2.06. The molecular weight excluding hydrogens is 272 g/mol. The molecule has 0 aliphatic heterocycles. The Morgan fingerprint density at radius 2 is 1.90 bits per heavy atom. The van der Waals surface area contributed by atoms with E-state index in [1.807, 2.05) is 13.8 Å². The van der Waals surface area contributed by atoms with Crippen LogP contribution in [0, 0.1) is 5.92 Å². The SMILES string of the molecule is CC(C)C(N)CC(=O)N(C)Cc1cn(C)c(=O)n(C)c1=O. The second-order valence-corrected chi connectivity index (χ2v) is 5.77. The lowest BCUT2D eigenvalue weighted by molar-refractivity contribution is -0.131. The van der Waals surface area contributed by atoms with Crippen LogP contribution in [-0.2, 0) is 25.4 Å². The third-order valence-electron chi connectivity index (χ3n) is 3.62. The molecule has 118 valence electrons. The van der Waals surface area contributed by atoms with E-state index in [2.05, 4.69) is 0 Å². The molecular formula is C14H24N4O3. The molecule has 7 nitrogen and oxygen atoms in total. The zero-order valence-electron chi connectivity index (χ0n) is 13.3. The van der Waals surface area contributed by atoms with Crippen molar-refractivity contribution in [1.29, 1.82) is 0 Å². The largest absolute Gasteiger partial charge is 0.341 e. The topological polar surface area (TPSA) is 90.3 Å². The Morgan fingerprint density at radius 1 is 1.33 bits per heavy atom. The molecule has 1 amide bonds. The molecule has 0 bridgehead atoms. The van der Waals surface area contributed by atoms with Crippen molar-refractivity contribution in [3.8, 4) is 0 Å². The number of carbonyl (C=O) groups is 1. The fourth-order valence-corrected chi connectivity index (χ4v) is 1.93. The normalized spacial score (nSPS) is 12.5. The van der Waals surface area contributed by atoms with Gasteiger partial charge in [-0.3, -0.25) is 14.2 Å². The highest BCUT2D eigenvalue weighted by Gasteiger charge is 2.18. The molecule has 1 aromatic heterocycles. The van der Waals surface area contributed by atoms with Crippen molar-refractivity contribution < 1.29 is 4.79 Å². The van der Waals surface area contributed by atoms with E-state index in [1.54, 1.807) is 14.1 Å². The summed E-state index contributed by atoms with van der Waals surface area (Å²) in [6, 6.07) is -0.206. The summed E-state index contributed by atoms with van der Waals surface area (Å²) in [6.07, 6.45) is 1.71. The number of aromatic nitrogens is 2. The molecule has 0 aromatic carbocycles. The van der Waals surface area contributed by atoms with Crippen molar-refractivity contribution in [2.24, 2.45) is 25.7 Å². The third-order valence-corrected chi connectivity index (χ3v) is 3.62. The van der Waals surface area contributed by atoms with Crippen LogP contribution >= 0.6 is 0 Å². The van der Waals surface area contributed by atoms with Crippen LogP contribution in [0.4, 0.5) is 0 Å². The Kier molecular flexibility index (Phi) is 5.48. The van der Waals surface area contributed by atoms with Crippen molar-refractivity contribution in [2.45, 2.75) is 32.9 Å². The molecule has 0 fully saturated rings. The fourth-order valence-electron chi connectivity index (χ4n) is 1.93. The maximum absolute atomic E-state index is 12.1. The van der Waals surface area contributed by atoms with E-state index in [0.29, 0.717) is 5.56 Å². The number of nitrogens with two attached hydrogens (primary N) is 1. The zero-order chi connectivity index (χ0) is 16.3. The van der Waals surface area contributed by atoms with Crippen molar-refractivity contribution in [3.05, 3.63) is 32.6 Å². The van der Waals surface area contributed by atoms with E-state index in [0.717, 1.165) is 4.57 Å². The lowest BCUT2D eigenvalue weighted by Crippen LogP contribution is -2.41. The van der Waals surface area contributed by atoms with Crippen LogP contribution in [0.1, 0.15) is 25.8 Å². The average molecular weight is 296 g/mol. The zero-order valence-corrected chi connectivity index (χ0v) is 13.3. The molecule has 1 unspecified atom stereocenters. The van der Waals surface area contributed by atoms with Gasteiger partial charge >= 0.3 is 5.69 Å². The number of aryl methyl sites for hydroxylation is 1. The van der Waals surface area contributed by atoms with E-state index in [9.17, 15) is 14.4 Å². The van der Waals surface area contributed by atoms with E-state index in [4.69, 9.17) is 5.73 Å². The third kappa shape index (κ3) is 4.04. The van der Waals surface area contributed by atoms with Gasteiger partial charge in [0.05, 0.1) is 12.1 Å². The highest BCUT2D eigenvalue weighted by molar-refractivity contribution is 5.76. The molecule has 1 heterocycles. The van der Waals surface area contributed by atoms with Crippen molar-refractivity contribution in [2.75, 3.05) is 7.05 Å². The minimum absolute atomic E-state index is 0.118. The van der Waals surface area contributed by atoms with Crippen molar-refractivity contribution >= 4 is 5.91 Å². The molecule has 0 saturated heterocycles. The second-order valence-electron chi connectivity index (χ2n) is 5.77. The summed E-state index contributed by atoms with van der Waals surface area (Å²) in [5.74, 6) is 0.0971. The van der Waals surface area contributed by atoms with Crippen LogP contribution < -0.4 is 17.0 Å². The predicted molar refractivity (Wildman–Crippen MR) is 80.8 cm³/mol. The van der Waals surface area contributed by atoms with Gasteiger partial charge in [0, 0.05) is 39.8 Å². The quantitative estimate of drug-likeness (QED) is 0.787. The van der Waals surface area contributed by atoms with E-state index >= 15 is 0 Å². The minimum Gasteiger partial charge on any atom is -0.341 e. The number of carbonyl (C=O) groups excluding carboxylic acids is 1. The molecule has 0 radical (unpaired) electrons. The van der Waals surface area contributed by atoms with Gasteiger partial charge in [-0.15, -0.1) is 0 Å². The molecule has 21 heavy (non-hydrogen) atoms. The van der Waals surface area contributed by atoms with Gasteiger partial charge in [-0.05, 0) is 5.92 Å². The lowest BCUT2D eigenvalue weighted by atomic mass is 10.0. The van der Waals surface area contributed by atoms with Gasteiger partial charge in [0.15, 0.2) is 0 Å². The highest BCUT2D eigenvalue weighted by atomic mass is 16.2. The van der Waals surface area contributed by atoms with Gasteiger partial charge in [-0.1, -0.05) is 13.8 Å². The second kappa shape index (κ2) is 6.71. The summed E-state index contributed by atoms with van der Waals surface area (Å²) < 4.78 is 2.36. The summed E-state index contributed by atoms with van der Waals surface area (Å²) in [5, 5.41) is 0. The molecule has 7 heteroatoms. The maximum atomic E-state index is 12.1. The fraction of sp³-hybridized carbons (Fsp3) is 0.643. The first-order valence-corrected chi connectivity index (χ1v) is 6.90. The predicted octanol–water partition coefficient (Wildman–Crippen LogP) is -0.584. The van der Waals surface area contributed by atoms with Crippen LogP contribution in [0.3, 0.4) is 0 Å². The standard InChI is InChI=1S/C14H24N4O3/c1-9(2)11(15)6-12(19)16(3)7-10-8-17(4)14(21)18(5)13(10)20/h8-9,11H,6-7,15H2,1-5H3. The minimum atomic E-state index is -0.389. The van der Waals surface area contributed by atoms with Crippen LogP contribution in [0.5, 0.6) is 0 Å². The number of hydrogen-bond acceptors (Lipinski definition) is 4. The molecule has 0 aliphatic carbocycles. The molecule has 0 spiro atoms. The summed E-state index contributed by atoms with van der Waals surface area (Å²) in [5.41, 5.74) is 5.51. The van der Waals surface area contributed by atoms with E-state index in [1.165, 1.54) is 22.7 Å². The van der Waals surface area contributed by atoms with Gasteiger partial charge in [-0.25, -0.2) is 4.79 Å². The number of hydrogen-bond donors (Lipinski definition) is 1. The first-order valence-electron chi connectivity index (χ1n) is 6.90. The first-order chi connectivity index (χ1) is 9.65. The smallest absolute Gasteiger partial charge is 0.330 e. The van der Waals surface area contributed by atoms with Gasteiger partial charge in [0.1, 0.15) is 0 Å². The molecule has 0 saturated carbocycles. The molecule has 1 aromatic rings. The Bertz CT molecular complexity index is 630. The van der Waals surface area contributed by atoms with Gasteiger partial charge in [0.25, 0.3) is 5.56 Å². The van der Waals surface area contributed by atoms with Crippen LogP contribution in [-0.4, -0.2) is 33.0 Å². The summed E-state index contributed by atoms with van der Waals surface area (Å²) in [4.78, 5) is 37.2. The number of nitrogens with zero attached hydrogens (tertiary/aromatic N) is 3. The van der Waals surface area contributed by atoms with Crippen LogP contribution in [0.15, 0.2) is 15.8 Å². The molecule has 1 rings (SSSR count). The number of rotatable bonds is 5. The molecule has 2 N–H and O–H groups in total. The Balaban J connectivity index is 2.89. The van der Waals surface area contributed by atoms with Gasteiger partial charge < -0.3 is 15.2 Å². The Morgan fingerprint density at radius 3 is 2.43 bits per heavy atom. The van der Waals surface area contributed by atoms with Crippen molar-refractivity contribution in [3.63, 3.8) is 0 Å². The summed E-state index contributed by atoms with van der Waals surface area (Å²) in [7, 11) is 4.62. The molecule has 1 atom stereocenters.